The molecule has 0 spiro atoms. The Morgan fingerprint density at radius 2 is 1.86 bits per heavy atom. The number of hydrogen-bond donors (Lipinski definition) is 1. The molecule has 29 heavy (non-hydrogen) atoms. The van der Waals surface area contributed by atoms with E-state index in [0.29, 0.717) is 18.2 Å². The second kappa shape index (κ2) is 8.47. The Kier molecular flexibility index (Phi) is 5.60. The molecule has 1 aromatic heterocycles. The Hall–Kier alpha value is -3.15. The summed E-state index contributed by atoms with van der Waals surface area (Å²) < 4.78 is 7.47. The lowest BCUT2D eigenvalue weighted by molar-refractivity contribution is 0.0948. The first kappa shape index (κ1) is 19.2. The maximum atomic E-state index is 12.8. The second-order valence-electron chi connectivity index (χ2n) is 7.66. The van der Waals surface area contributed by atoms with E-state index >= 15 is 0 Å². The SMILES string of the molecule is CC(C)Oc1ccc(CCNC(=O)c2nnn(-c3ccccc3)c2C2CC2)cc1. The van der Waals surface area contributed by atoms with Gasteiger partial charge in [0.05, 0.1) is 17.5 Å². The summed E-state index contributed by atoms with van der Waals surface area (Å²) in [6.45, 7) is 4.56. The molecule has 6 heteroatoms. The maximum Gasteiger partial charge on any atom is 0.273 e. The topological polar surface area (TPSA) is 69.0 Å². The first-order valence-electron chi connectivity index (χ1n) is 10.2. The van der Waals surface area contributed by atoms with Crippen molar-refractivity contribution in [1.82, 2.24) is 20.3 Å². The van der Waals surface area contributed by atoms with Gasteiger partial charge >= 0.3 is 0 Å². The molecule has 0 unspecified atom stereocenters. The highest BCUT2D eigenvalue weighted by Crippen LogP contribution is 2.41. The largest absolute Gasteiger partial charge is 0.491 e. The minimum atomic E-state index is -0.158. The van der Waals surface area contributed by atoms with Crippen molar-refractivity contribution >= 4 is 5.91 Å². The molecule has 1 heterocycles. The number of nitrogens with one attached hydrogen (secondary N) is 1. The van der Waals surface area contributed by atoms with Crippen LogP contribution in [0.4, 0.5) is 0 Å². The van der Waals surface area contributed by atoms with Crippen molar-refractivity contribution < 1.29 is 9.53 Å². The monoisotopic (exact) mass is 390 g/mol. The molecule has 1 fully saturated rings. The summed E-state index contributed by atoms with van der Waals surface area (Å²) >= 11 is 0. The molecule has 1 N–H and O–H groups in total. The van der Waals surface area contributed by atoms with Crippen molar-refractivity contribution in [3.8, 4) is 11.4 Å². The molecule has 1 aliphatic rings. The lowest BCUT2D eigenvalue weighted by atomic mass is 10.1. The third-order valence-corrected chi connectivity index (χ3v) is 4.88. The molecular weight excluding hydrogens is 364 g/mol. The smallest absolute Gasteiger partial charge is 0.273 e. The molecule has 150 valence electrons. The van der Waals surface area contributed by atoms with Crippen LogP contribution in [-0.2, 0) is 6.42 Å². The van der Waals surface area contributed by atoms with Crippen molar-refractivity contribution in [1.29, 1.82) is 0 Å². The van der Waals surface area contributed by atoms with E-state index in [1.165, 1.54) is 0 Å². The summed E-state index contributed by atoms with van der Waals surface area (Å²) in [7, 11) is 0. The van der Waals surface area contributed by atoms with Crippen LogP contribution in [0, 0.1) is 0 Å². The molecule has 6 nitrogen and oxygen atoms in total. The summed E-state index contributed by atoms with van der Waals surface area (Å²) in [5, 5.41) is 11.5. The average molecular weight is 390 g/mol. The number of rotatable bonds is 8. The zero-order chi connectivity index (χ0) is 20.2. The standard InChI is InChI=1S/C23H26N4O2/c1-16(2)29-20-12-8-17(9-13-20)14-15-24-23(28)21-22(18-10-11-18)27(26-25-21)19-6-4-3-5-7-19/h3-9,12-13,16,18H,10-11,14-15H2,1-2H3,(H,24,28). The third kappa shape index (κ3) is 4.65. The van der Waals surface area contributed by atoms with Crippen molar-refractivity contribution in [2.45, 2.75) is 45.1 Å². The Balaban J connectivity index is 1.40. The molecule has 0 atom stereocenters. The van der Waals surface area contributed by atoms with Gasteiger partial charge in [-0.25, -0.2) is 4.68 Å². The molecule has 3 aromatic rings. The minimum Gasteiger partial charge on any atom is -0.491 e. The third-order valence-electron chi connectivity index (χ3n) is 4.88. The van der Waals surface area contributed by atoms with E-state index in [-0.39, 0.29) is 12.0 Å². The van der Waals surface area contributed by atoms with E-state index in [1.54, 1.807) is 4.68 Å². The van der Waals surface area contributed by atoms with Crippen molar-refractivity contribution in [2.75, 3.05) is 6.54 Å². The number of carbonyl (C=O) groups excluding carboxylic acids is 1. The summed E-state index contributed by atoms with van der Waals surface area (Å²) in [5.41, 5.74) is 3.45. The van der Waals surface area contributed by atoms with E-state index < -0.39 is 0 Å². The zero-order valence-electron chi connectivity index (χ0n) is 16.8. The van der Waals surface area contributed by atoms with Crippen LogP contribution in [0.1, 0.15) is 54.4 Å². The molecule has 1 saturated carbocycles. The van der Waals surface area contributed by atoms with Crippen LogP contribution in [0.5, 0.6) is 5.75 Å². The zero-order valence-corrected chi connectivity index (χ0v) is 16.8. The van der Waals surface area contributed by atoms with Gasteiger partial charge in [-0.15, -0.1) is 5.10 Å². The van der Waals surface area contributed by atoms with Gasteiger partial charge in [0.2, 0.25) is 0 Å². The van der Waals surface area contributed by atoms with Gasteiger partial charge in [-0.05, 0) is 62.9 Å². The maximum absolute atomic E-state index is 12.8. The van der Waals surface area contributed by atoms with Gasteiger partial charge in [-0.1, -0.05) is 35.5 Å². The van der Waals surface area contributed by atoms with E-state index in [9.17, 15) is 4.79 Å². The molecular formula is C23H26N4O2. The van der Waals surface area contributed by atoms with Crippen LogP contribution < -0.4 is 10.1 Å². The Labute approximate surface area is 170 Å². The molecule has 0 radical (unpaired) electrons. The van der Waals surface area contributed by atoms with Gasteiger partial charge in [0.1, 0.15) is 5.75 Å². The van der Waals surface area contributed by atoms with Gasteiger partial charge in [-0.3, -0.25) is 4.79 Å². The lowest BCUT2D eigenvalue weighted by Gasteiger charge is -2.10. The van der Waals surface area contributed by atoms with Gasteiger partial charge in [0, 0.05) is 12.5 Å². The van der Waals surface area contributed by atoms with Crippen LogP contribution in [-0.4, -0.2) is 33.5 Å². The van der Waals surface area contributed by atoms with Gasteiger partial charge in [0.25, 0.3) is 5.91 Å². The number of aromatic nitrogens is 3. The van der Waals surface area contributed by atoms with Crippen LogP contribution in [0.3, 0.4) is 0 Å². The van der Waals surface area contributed by atoms with Crippen molar-refractivity contribution in [3.63, 3.8) is 0 Å². The predicted octanol–water partition coefficient (Wildman–Crippen LogP) is 3.90. The van der Waals surface area contributed by atoms with Crippen LogP contribution in [0.15, 0.2) is 54.6 Å². The second-order valence-corrected chi connectivity index (χ2v) is 7.66. The number of carbonyl (C=O) groups is 1. The molecule has 4 rings (SSSR count). The van der Waals surface area contributed by atoms with Crippen LogP contribution in [0.25, 0.3) is 5.69 Å². The van der Waals surface area contributed by atoms with Crippen LogP contribution in [0.2, 0.25) is 0 Å². The highest BCUT2D eigenvalue weighted by Gasteiger charge is 2.34. The minimum absolute atomic E-state index is 0.158. The Morgan fingerprint density at radius 3 is 2.52 bits per heavy atom. The van der Waals surface area contributed by atoms with Gasteiger partial charge in [-0.2, -0.15) is 0 Å². The fourth-order valence-corrected chi connectivity index (χ4v) is 3.34. The fourth-order valence-electron chi connectivity index (χ4n) is 3.34. The molecule has 0 saturated heterocycles. The van der Waals surface area contributed by atoms with Gasteiger partial charge < -0.3 is 10.1 Å². The predicted molar refractivity (Wildman–Crippen MR) is 112 cm³/mol. The molecule has 1 aliphatic carbocycles. The van der Waals surface area contributed by atoms with Crippen LogP contribution >= 0.6 is 0 Å². The van der Waals surface area contributed by atoms with E-state index in [2.05, 4.69) is 15.6 Å². The Morgan fingerprint density at radius 1 is 1.14 bits per heavy atom. The number of nitrogens with zero attached hydrogens (tertiary/aromatic N) is 3. The molecule has 2 aromatic carbocycles. The summed E-state index contributed by atoms with van der Waals surface area (Å²) in [6.07, 6.45) is 3.06. The Bertz CT molecular complexity index is 960. The number of para-hydroxylation sites is 1. The normalized spacial score (nSPS) is 13.5. The first-order chi connectivity index (χ1) is 14.1. The quantitative estimate of drug-likeness (QED) is 0.633. The summed E-state index contributed by atoms with van der Waals surface area (Å²) in [5.74, 6) is 1.06. The number of amides is 1. The fraction of sp³-hybridized carbons (Fsp3) is 0.348. The number of ether oxygens (including phenoxy) is 1. The van der Waals surface area contributed by atoms with Gasteiger partial charge in [0.15, 0.2) is 5.69 Å². The molecule has 0 bridgehead atoms. The highest BCUT2D eigenvalue weighted by molar-refractivity contribution is 5.93. The van der Waals surface area contributed by atoms with E-state index in [1.807, 2.05) is 68.4 Å². The average Bonchev–Trinajstić information content (AvgIpc) is 3.47. The highest BCUT2D eigenvalue weighted by atomic mass is 16.5. The first-order valence-corrected chi connectivity index (χ1v) is 10.2. The van der Waals surface area contributed by atoms with Crippen molar-refractivity contribution in [2.24, 2.45) is 0 Å². The molecule has 1 amide bonds. The lowest BCUT2D eigenvalue weighted by Crippen LogP contribution is -2.27. The van der Waals surface area contributed by atoms with E-state index in [4.69, 9.17) is 4.74 Å². The summed E-state index contributed by atoms with van der Waals surface area (Å²) in [6, 6.07) is 17.9. The number of benzene rings is 2. The summed E-state index contributed by atoms with van der Waals surface area (Å²) in [4.78, 5) is 12.8. The van der Waals surface area contributed by atoms with Crippen molar-refractivity contribution in [3.05, 3.63) is 71.5 Å². The molecule has 0 aliphatic heterocycles. The number of hydrogen-bond acceptors (Lipinski definition) is 4. The van der Waals surface area contributed by atoms with E-state index in [0.717, 1.165) is 42.0 Å².